The molecule has 0 rings (SSSR count). The van der Waals surface area contributed by atoms with Gasteiger partial charge in [-0.25, -0.2) is 5.48 Å². The maximum atomic E-state index is 7.74. The first kappa shape index (κ1) is 9.93. The first-order valence-corrected chi connectivity index (χ1v) is 1.49. The van der Waals surface area contributed by atoms with Crippen molar-refractivity contribution in [3.63, 3.8) is 0 Å². The van der Waals surface area contributed by atoms with Crippen molar-refractivity contribution in [2.45, 2.75) is 0 Å². The molecule has 0 aromatic rings. The largest absolute Gasteiger partial charge is 0.329 e. The first-order chi connectivity index (χ1) is 2.41. The fraction of sp³-hybridized carbons (Fsp3) is 1.00. The van der Waals surface area contributed by atoms with E-state index < -0.39 is 0 Å². The average Bonchev–Trinajstić information content (AvgIpc) is 1.41. The van der Waals surface area contributed by atoms with Gasteiger partial charge in [0.1, 0.15) is 0 Å². The van der Waals surface area contributed by atoms with Crippen LogP contribution in [0.4, 0.5) is 0 Å². The van der Waals surface area contributed by atoms with E-state index >= 15 is 0 Å². The van der Waals surface area contributed by atoms with Gasteiger partial charge in [-0.1, -0.05) is 0 Å². The molecular weight excluding hydrogens is 180 g/mol. The minimum Gasteiger partial charge on any atom is -0.329 e. The van der Waals surface area contributed by atoms with Gasteiger partial charge in [0.15, 0.2) is 0 Å². The number of rotatable bonds is 2. The molecule has 0 aliphatic carbocycles. The van der Waals surface area contributed by atoms with Crippen LogP contribution in [0.3, 0.4) is 0 Å². The molecule has 0 aromatic heterocycles. The van der Waals surface area contributed by atoms with E-state index in [1.807, 2.05) is 5.48 Å². The van der Waals surface area contributed by atoms with Crippen LogP contribution in [0.5, 0.6) is 0 Å². The van der Waals surface area contributed by atoms with Crippen LogP contribution in [0, 0.1) is 0 Å². The van der Waals surface area contributed by atoms with Crippen molar-refractivity contribution in [3.8, 4) is 0 Å². The average molecular weight is 189 g/mol. The van der Waals surface area contributed by atoms with Crippen LogP contribution in [-0.2, 0) is 27.3 Å². The zero-order valence-corrected chi connectivity index (χ0v) is 7.68. The first-order valence-electron chi connectivity index (χ1n) is 1.49. The summed E-state index contributed by atoms with van der Waals surface area (Å²) in [7, 11) is 0. The standard InChI is InChI=1S/C2H8N2O.Cd/c3-1-2-4-5;/h4-5H,1-3H2;. The Morgan fingerprint density at radius 2 is 2.17 bits per heavy atom. The molecule has 0 unspecified atom stereocenters. The molecule has 0 spiro atoms. The summed E-state index contributed by atoms with van der Waals surface area (Å²) in [5, 5.41) is 7.74. The zero-order chi connectivity index (χ0) is 4.12. The normalized spacial score (nSPS) is 7.00. The van der Waals surface area contributed by atoms with Gasteiger partial charge in [0, 0.05) is 40.4 Å². The molecular formula is C2H8CdN2O. The Kier molecular flexibility index (Phi) is 15.3. The fourth-order valence-corrected chi connectivity index (χ4v) is 0.0645. The van der Waals surface area contributed by atoms with Gasteiger partial charge >= 0.3 is 0 Å². The van der Waals surface area contributed by atoms with Crippen molar-refractivity contribution in [3.05, 3.63) is 0 Å². The maximum absolute atomic E-state index is 7.74. The number of hydroxylamine groups is 1. The number of nitrogens with two attached hydrogens (primary N) is 1. The summed E-state index contributed by atoms with van der Waals surface area (Å²) in [6.07, 6.45) is 0. The molecule has 0 saturated heterocycles. The Morgan fingerprint density at radius 1 is 1.67 bits per heavy atom. The van der Waals surface area contributed by atoms with Gasteiger partial charge in [-0.3, -0.25) is 0 Å². The molecule has 4 N–H and O–H groups in total. The van der Waals surface area contributed by atoms with Gasteiger partial charge in [-0.05, 0) is 0 Å². The Hall–Kier alpha value is 0.802. The molecule has 0 aliphatic rings. The van der Waals surface area contributed by atoms with Gasteiger partial charge in [0.25, 0.3) is 0 Å². The Balaban J connectivity index is 0. The van der Waals surface area contributed by atoms with Crippen LogP contribution in [-0.4, -0.2) is 18.3 Å². The van der Waals surface area contributed by atoms with E-state index in [9.17, 15) is 0 Å². The molecule has 0 aliphatic heterocycles. The molecule has 0 atom stereocenters. The molecule has 3 nitrogen and oxygen atoms in total. The molecule has 0 bridgehead atoms. The van der Waals surface area contributed by atoms with Crippen LogP contribution in [0.2, 0.25) is 0 Å². The van der Waals surface area contributed by atoms with Crippen LogP contribution < -0.4 is 11.2 Å². The molecule has 34 valence electrons. The van der Waals surface area contributed by atoms with E-state index in [0.29, 0.717) is 13.1 Å². The smallest absolute Gasteiger partial charge is 0.0330 e. The van der Waals surface area contributed by atoms with E-state index in [0.717, 1.165) is 0 Å². The van der Waals surface area contributed by atoms with Crippen LogP contribution in [0.25, 0.3) is 0 Å². The second kappa shape index (κ2) is 9.26. The van der Waals surface area contributed by atoms with Crippen LogP contribution in [0.1, 0.15) is 0 Å². The molecule has 6 heavy (non-hydrogen) atoms. The van der Waals surface area contributed by atoms with Gasteiger partial charge in [-0.2, -0.15) is 0 Å². The molecule has 0 amide bonds. The van der Waals surface area contributed by atoms with E-state index in [1.165, 1.54) is 0 Å². The number of nitrogens with one attached hydrogen (secondary N) is 1. The Morgan fingerprint density at radius 3 is 2.17 bits per heavy atom. The van der Waals surface area contributed by atoms with Crippen LogP contribution in [0.15, 0.2) is 0 Å². The zero-order valence-electron chi connectivity index (χ0n) is 3.65. The van der Waals surface area contributed by atoms with Gasteiger partial charge < -0.3 is 10.9 Å². The van der Waals surface area contributed by atoms with Crippen molar-refractivity contribution in [1.82, 2.24) is 5.48 Å². The SMILES string of the molecule is NCCNO.[Cd]. The summed E-state index contributed by atoms with van der Waals surface area (Å²) in [6, 6.07) is 0. The summed E-state index contributed by atoms with van der Waals surface area (Å²) in [4.78, 5) is 0. The third-order valence-electron chi connectivity index (χ3n) is 0.256. The molecule has 0 aromatic carbocycles. The molecule has 0 saturated carbocycles. The van der Waals surface area contributed by atoms with Gasteiger partial charge in [-0.15, -0.1) is 0 Å². The predicted octanol–water partition coefficient (Wildman–Crippen LogP) is -1.08. The van der Waals surface area contributed by atoms with E-state index in [1.54, 1.807) is 0 Å². The van der Waals surface area contributed by atoms with E-state index in [2.05, 4.69) is 0 Å². The summed E-state index contributed by atoms with van der Waals surface area (Å²) < 4.78 is 0. The van der Waals surface area contributed by atoms with Crippen LogP contribution >= 0.6 is 0 Å². The minimum absolute atomic E-state index is 0. The third-order valence-corrected chi connectivity index (χ3v) is 0.256. The van der Waals surface area contributed by atoms with Crippen molar-refractivity contribution < 1.29 is 32.5 Å². The summed E-state index contributed by atoms with van der Waals surface area (Å²) >= 11 is 0. The van der Waals surface area contributed by atoms with Crippen molar-refractivity contribution in [2.24, 2.45) is 5.73 Å². The monoisotopic (exact) mass is 190 g/mol. The summed E-state index contributed by atoms with van der Waals surface area (Å²) in [6.45, 7) is 0.955. The second-order valence-corrected chi connectivity index (χ2v) is 0.697. The Bertz CT molecular complexity index is 19.0. The maximum Gasteiger partial charge on any atom is 0.0330 e. The van der Waals surface area contributed by atoms with Gasteiger partial charge in [0.05, 0.1) is 0 Å². The van der Waals surface area contributed by atoms with Gasteiger partial charge in [0.2, 0.25) is 0 Å². The third kappa shape index (κ3) is 8.84. The summed E-state index contributed by atoms with van der Waals surface area (Å²) in [5.74, 6) is 0. The number of hydrogen-bond acceptors (Lipinski definition) is 3. The van der Waals surface area contributed by atoms with E-state index in [4.69, 9.17) is 10.9 Å². The van der Waals surface area contributed by atoms with E-state index in [-0.39, 0.29) is 27.3 Å². The molecule has 0 radical (unpaired) electrons. The molecule has 4 heteroatoms. The fourth-order valence-electron chi connectivity index (χ4n) is 0.0645. The quantitative estimate of drug-likeness (QED) is 0.382. The minimum atomic E-state index is 0. The molecule has 0 fully saturated rings. The predicted molar refractivity (Wildman–Crippen MR) is 18.8 cm³/mol. The number of hydrogen-bond donors (Lipinski definition) is 3. The second-order valence-electron chi connectivity index (χ2n) is 0.697. The molecule has 0 heterocycles. The summed E-state index contributed by atoms with van der Waals surface area (Å²) in [5.41, 5.74) is 6.81. The van der Waals surface area contributed by atoms with Crippen molar-refractivity contribution in [1.29, 1.82) is 0 Å². The topological polar surface area (TPSA) is 58.3 Å². The Labute approximate surface area is 57.0 Å². The van der Waals surface area contributed by atoms with Crippen molar-refractivity contribution >= 4 is 0 Å². The van der Waals surface area contributed by atoms with Crippen molar-refractivity contribution in [2.75, 3.05) is 13.1 Å².